The van der Waals surface area contributed by atoms with Crippen LogP contribution < -0.4 is 5.32 Å². The lowest BCUT2D eigenvalue weighted by atomic mass is 9.89. The van der Waals surface area contributed by atoms with Gasteiger partial charge in [0.1, 0.15) is 5.82 Å². The first-order valence-electron chi connectivity index (χ1n) is 6.11. The molecular formula is C14H14FNO2S. The summed E-state index contributed by atoms with van der Waals surface area (Å²) in [6, 6.07) is 6.29. The third-order valence-electron chi connectivity index (χ3n) is 3.28. The molecule has 0 bridgehead atoms. The second-order valence-corrected chi connectivity index (χ2v) is 6.36. The van der Waals surface area contributed by atoms with Crippen LogP contribution in [0.5, 0.6) is 0 Å². The number of rotatable bonds is 3. The molecule has 100 valence electrons. The van der Waals surface area contributed by atoms with Crippen LogP contribution in [0.2, 0.25) is 0 Å². The highest BCUT2D eigenvalue weighted by molar-refractivity contribution is 7.20. The predicted octanol–water partition coefficient (Wildman–Crippen LogP) is 2.81. The van der Waals surface area contributed by atoms with Crippen LogP contribution in [0, 0.1) is 11.2 Å². The molecule has 3 rings (SSSR count). The Morgan fingerprint density at radius 2 is 2.26 bits per heavy atom. The Hall–Kier alpha value is -1.46. The van der Waals surface area contributed by atoms with E-state index in [0.29, 0.717) is 24.6 Å². The van der Waals surface area contributed by atoms with Crippen molar-refractivity contribution < 1.29 is 13.9 Å². The Labute approximate surface area is 114 Å². The van der Waals surface area contributed by atoms with Crippen molar-refractivity contribution in [2.45, 2.75) is 6.92 Å². The second kappa shape index (κ2) is 4.58. The topological polar surface area (TPSA) is 38.3 Å². The molecule has 1 N–H and O–H groups in total. The van der Waals surface area contributed by atoms with Crippen LogP contribution in [0.15, 0.2) is 24.3 Å². The third-order valence-corrected chi connectivity index (χ3v) is 4.39. The molecule has 0 radical (unpaired) electrons. The maximum Gasteiger partial charge on any atom is 0.261 e. The molecule has 19 heavy (non-hydrogen) atoms. The van der Waals surface area contributed by atoms with Gasteiger partial charge in [-0.15, -0.1) is 11.3 Å². The predicted molar refractivity (Wildman–Crippen MR) is 73.0 cm³/mol. The molecule has 0 unspecified atom stereocenters. The van der Waals surface area contributed by atoms with Gasteiger partial charge in [0, 0.05) is 16.7 Å². The minimum atomic E-state index is -0.281. The summed E-state index contributed by atoms with van der Waals surface area (Å²) in [5, 5.41) is 3.69. The zero-order valence-electron chi connectivity index (χ0n) is 10.5. The molecule has 1 aliphatic heterocycles. The molecule has 0 atom stereocenters. The molecular weight excluding hydrogens is 265 g/mol. The molecule has 1 aliphatic rings. The first-order valence-corrected chi connectivity index (χ1v) is 6.92. The molecule has 1 saturated heterocycles. The summed E-state index contributed by atoms with van der Waals surface area (Å²) in [6.07, 6.45) is 0. The first kappa shape index (κ1) is 12.6. The van der Waals surface area contributed by atoms with Crippen LogP contribution in [-0.2, 0) is 4.74 Å². The van der Waals surface area contributed by atoms with Crippen LogP contribution in [0.25, 0.3) is 10.1 Å². The van der Waals surface area contributed by atoms with Crippen LogP contribution in [0.1, 0.15) is 16.6 Å². The van der Waals surface area contributed by atoms with E-state index in [1.54, 1.807) is 12.1 Å². The Morgan fingerprint density at radius 1 is 1.47 bits per heavy atom. The van der Waals surface area contributed by atoms with Gasteiger partial charge >= 0.3 is 0 Å². The normalized spacial score (nSPS) is 17.2. The van der Waals surface area contributed by atoms with Gasteiger partial charge in [0.15, 0.2) is 0 Å². The molecule has 0 aliphatic carbocycles. The number of benzene rings is 1. The molecule has 0 spiro atoms. The molecule has 1 amide bonds. The van der Waals surface area contributed by atoms with Crippen LogP contribution in [-0.4, -0.2) is 25.7 Å². The maximum absolute atomic E-state index is 13.1. The van der Waals surface area contributed by atoms with Gasteiger partial charge in [-0.2, -0.15) is 0 Å². The van der Waals surface area contributed by atoms with Crippen molar-refractivity contribution in [2.75, 3.05) is 19.8 Å². The lowest BCUT2D eigenvalue weighted by Crippen LogP contribution is -2.48. The summed E-state index contributed by atoms with van der Waals surface area (Å²) in [4.78, 5) is 12.7. The lowest BCUT2D eigenvalue weighted by Gasteiger charge is -2.37. The molecule has 2 aromatic rings. The van der Waals surface area contributed by atoms with E-state index in [0.717, 1.165) is 10.1 Å². The zero-order chi connectivity index (χ0) is 13.5. The van der Waals surface area contributed by atoms with E-state index in [9.17, 15) is 9.18 Å². The van der Waals surface area contributed by atoms with Crippen LogP contribution in [0.4, 0.5) is 4.39 Å². The van der Waals surface area contributed by atoms with E-state index in [2.05, 4.69) is 12.2 Å². The third kappa shape index (κ3) is 2.48. The van der Waals surface area contributed by atoms with Crippen molar-refractivity contribution in [3.8, 4) is 0 Å². The van der Waals surface area contributed by atoms with Gasteiger partial charge in [0.05, 0.1) is 18.1 Å². The lowest BCUT2D eigenvalue weighted by molar-refractivity contribution is -0.0978. The SMILES string of the molecule is CC1(CNC(=O)c2cc3cc(F)ccc3s2)COC1. The Balaban J connectivity index is 1.74. The number of carbonyl (C=O) groups is 1. The van der Waals surface area contributed by atoms with Gasteiger partial charge in [-0.1, -0.05) is 6.92 Å². The fourth-order valence-electron chi connectivity index (χ4n) is 2.06. The van der Waals surface area contributed by atoms with Gasteiger partial charge in [-0.05, 0) is 29.7 Å². The minimum Gasteiger partial charge on any atom is -0.380 e. The van der Waals surface area contributed by atoms with Gasteiger partial charge in [0.2, 0.25) is 0 Å². The number of halogens is 1. The summed E-state index contributed by atoms with van der Waals surface area (Å²) in [5.41, 5.74) is 0.0540. The maximum atomic E-state index is 13.1. The van der Waals surface area contributed by atoms with Crippen molar-refractivity contribution in [2.24, 2.45) is 5.41 Å². The van der Waals surface area contributed by atoms with Crippen LogP contribution in [0.3, 0.4) is 0 Å². The van der Waals surface area contributed by atoms with Crippen molar-refractivity contribution in [1.29, 1.82) is 0 Å². The van der Waals surface area contributed by atoms with E-state index in [4.69, 9.17) is 4.74 Å². The molecule has 1 fully saturated rings. The Morgan fingerprint density at radius 3 is 2.95 bits per heavy atom. The average molecular weight is 279 g/mol. The van der Waals surface area contributed by atoms with Crippen LogP contribution >= 0.6 is 11.3 Å². The fourth-order valence-corrected chi connectivity index (χ4v) is 3.02. The van der Waals surface area contributed by atoms with Crippen molar-refractivity contribution in [3.05, 3.63) is 35.0 Å². The minimum absolute atomic E-state index is 0.0540. The molecule has 1 aromatic carbocycles. The summed E-state index contributed by atoms with van der Waals surface area (Å²) in [7, 11) is 0. The standard InChI is InChI=1S/C14H14FNO2S/c1-14(7-18-8-14)6-16-13(17)12-5-9-4-10(15)2-3-11(9)19-12/h2-5H,6-8H2,1H3,(H,16,17). The average Bonchev–Trinajstić information content (AvgIpc) is 2.76. The Bertz CT molecular complexity index is 633. The van der Waals surface area contributed by atoms with Crippen molar-refractivity contribution in [1.82, 2.24) is 5.32 Å². The van der Waals surface area contributed by atoms with E-state index < -0.39 is 0 Å². The zero-order valence-corrected chi connectivity index (χ0v) is 11.3. The molecule has 1 aromatic heterocycles. The largest absolute Gasteiger partial charge is 0.380 e. The second-order valence-electron chi connectivity index (χ2n) is 5.28. The van der Waals surface area contributed by atoms with Gasteiger partial charge in [-0.3, -0.25) is 4.79 Å². The van der Waals surface area contributed by atoms with E-state index in [1.165, 1.54) is 23.5 Å². The first-order chi connectivity index (χ1) is 9.06. The Kier molecular flexibility index (Phi) is 3.03. The van der Waals surface area contributed by atoms with E-state index in [1.807, 2.05) is 0 Å². The fraction of sp³-hybridized carbons (Fsp3) is 0.357. The molecule has 5 heteroatoms. The highest BCUT2D eigenvalue weighted by atomic mass is 32.1. The van der Waals surface area contributed by atoms with Gasteiger partial charge < -0.3 is 10.1 Å². The number of thiophene rings is 1. The number of amides is 1. The smallest absolute Gasteiger partial charge is 0.261 e. The number of nitrogens with one attached hydrogen (secondary N) is 1. The quantitative estimate of drug-likeness (QED) is 0.938. The highest BCUT2D eigenvalue weighted by Gasteiger charge is 2.33. The number of ether oxygens (including phenoxy) is 1. The molecule has 3 nitrogen and oxygen atoms in total. The number of hydrogen-bond acceptors (Lipinski definition) is 3. The van der Waals surface area contributed by atoms with Gasteiger partial charge in [0.25, 0.3) is 5.91 Å². The summed E-state index contributed by atoms with van der Waals surface area (Å²) >= 11 is 1.38. The summed E-state index contributed by atoms with van der Waals surface area (Å²) < 4.78 is 19.2. The van der Waals surface area contributed by atoms with Crippen molar-refractivity contribution in [3.63, 3.8) is 0 Å². The molecule has 2 heterocycles. The summed E-state index contributed by atoms with van der Waals surface area (Å²) in [6.45, 7) is 4.06. The number of carbonyl (C=O) groups excluding carboxylic acids is 1. The monoisotopic (exact) mass is 279 g/mol. The highest BCUT2D eigenvalue weighted by Crippen LogP contribution is 2.28. The molecule has 0 saturated carbocycles. The van der Waals surface area contributed by atoms with E-state index >= 15 is 0 Å². The summed E-state index contributed by atoms with van der Waals surface area (Å²) in [5.74, 6) is -0.383. The van der Waals surface area contributed by atoms with Crippen molar-refractivity contribution >= 4 is 27.3 Å². The number of hydrogen-bond donors (Lipinski definition) is 1. The number of fused-ring (bicyclic) bond motifs is 1. The van der Waals surface area contributed by atoms with E-state index in [-0.39, 0.29) is 17.1 Å². The van der Waals surface area contributed by atoms with Gasteiger partial charge in [-0.25, -0.2) is 4.39 Å².